The second kappa shape index (κ2) is 6.17. The molecule has 0 aromatic carbocycles. The fraction of sp³-hybridized carbons (Fsp3) is 1.00. The van der Waals surface area contributed by atoms with E-state index in [0.29, 0.717) is 17.6 Å². The van der Waals surface area contributed by atoms with Gasteiger partial charge in [-0.05, 0) is 50.9 Å². The molecule has 0 heterocycles. The number of ether oxygens (including phenoxy) is 1. The zero-order chi connectivity index (χ0) is 15.7. The van der Waals surface area contributed by atoms with Crippen LogP contribution in [-0.4, -0.2) is 36.0 Å². The molecule has 2 rings (SSSR count). The zero-order valence-corrected chi connectivity index (χ0v) is 14.7. The lowest BCUT2D eigenvalue weighted by Crippen LogP contribution is -2.64. The van der Waals surface area contributed by atoms with Crippen molar-refractivity contribution in [2.45, 2.75) is 90.9 Å². The van der Waals surface area contributed by atoms with Crippen LogP contribution in [-0.2, 0) is 4.74 Å². The Bertz CT molecular complexity index is 345. The number of rotatable bonds is 6. The first-order valence-corrected chi connectivity index (χ1v) is 8.82. The van der Waals surface area contributed by atoms with Gasteiger partial charge in [-0.2, -0.15) is 0 Å². The third-order valence-corrected chi connectivity index (χ3v) is 6.32. The van der Waals surface area contributed by atoms with Crippen molar-refractivity contribution in [2.24, 2.45) is 10.8 Å². The van der Waals surface area contributed by atoms with Crippen LogP contribution in [0.4, 0.5) is 0 Å². The molecule has 3 nitrogen and oxygen atoms in total. The molecule has 0 amide bonds. The van der Waals surface area contributed by atoms with Gasteiger partial charge in [-0.25, -0.2) is 0 Å². The van der Waals surface area contributed by atoms with E-state index in [1.807, 2.05) is 0 Å². The van der Waals surface area contributed by atoms with E-state index in [0.717, 1.165) is 51.7 Å². The van der Waals surface area contributed by atoms with Crippen molar-refractivity contribution in [3.63, 3.8) is 0 Å². The Morgan fingerprint density at radius 1 is 1.10 bits per heavy atom. The highest BCUT2D eigenvalue weighted by Gasteiger charge is 2.51. The van der Waals surface area contributed by atoms with E-state index in [-0.39, 0.29) is 5.41 Å². The topological polar surface area (TPSA) is 41.5 Å². The van der Waals surface area contributed by atoms with Crippen LogP contribution in [0.2, 0.25) is 0 Å². The van der Waals surface area contributed by atoms with E-state index in [4.69, 9.17) is 4.74 Å². The second-order valence-electron chi connectivity index (χ2n) is 8.36. The lowest BCUT2D eigenvalue weighted by atomic mass is 9.61. The maximum atomic E-state index is 10.8. The van der Waals surface area contributed by atoms with Gasteiger partial charge >= 0.3 is 0 Å². The fourth-order valence-electron chi connectivity index (χ4n) is 3.95. The molecular formula is C18H35NO2. The van der Waals surface area contributed by atoms with Gasteiger partial charge in [0.25, 0.3) is 0 Å². The highest BCUT2D eigenvalue weighted by molar-refractivity contribution is 5.05. The van der Waals surface area contributed by atoms with Gasteiger partial charge in [-0.15, -0.1) is 0 Å². The van der Waals surface area contributed by atoms with Crippen molar-refractivity contribution >= 4 is 0 Å². The third kappa shape index (κ3) is 3.62. The minimum atomic E-state index is -0.499. The molecule has 2 fully saturated rings. The monoisotopic (exact) mass is 297 g/mol. The van der Waals surface area contributed by atoms with Crippen molar-refractivity contribution in [1.82, 2.24) is 5.32 Å². The van der Waals surface area contributed by atoms with Crippen molar-refractivity contribution in [3.8, 4) is 0 Å². The van der Waals surface area contributed by atoms with E-state index in [1.165, 1.54) is 0 Å². The molecule has 124 valence electrons. The largest absolute Gasteiger partial charge is 0.389 e. The lowest BCUT2D eigenvalue weighted by molar-refractivity contribution is -0.131. The van der Waals surface area contributed by atoms with Crippen LogP contribution in [0.1, 0.15) is 73.1 Å². The van der Waals surface area contributed by atoms with E-state index in [9.17, 15) is 5.11 Å². The minimum Gasteiger partial charge on any atom is -0.389 e. The minimum absolute atomic E-state index is 0.223. The Morgan fingerprint density at radius 3 is 2.24 bits per heavy atom. The molecule has 0 radical (unpaired) electrons. The zero-order valence-electron chi connectivity index (χ0n) is 14.7. The molecular weight excluding hydrogens is 262 g/mol. The van der Waals surface area contributed by atoms with Crippen molar-refractivity contribution in [3.05, 3.63) is 0 Å². The lowest BCUT2D eigenvalue weighted by Gasteiger charge is -2.54. The van der Waals surface area contributed by atoms with Crippen molar-refractivity contribution in [1.29, 1.82) is 0 Å². The number of hydrogen-bond acceptors (Lipinski definition) is 3. The number of hydrogen-bond donors (Lipinski definition) is 2. The van der Waals surface area contributed by atoms with Gasteiger partial charge in [0.15, 0.2) is 0 Å². The van der Waals surface area contributed by atoms with Crippen LogP contribution in [0, 0.1) is 10.8 Å². The summed E-state index contributed by atoms with van der Waals surface area (Å²) in [6.07, 6.45) is 6.70. The van der Waals surface area contributed by atoms with E-state index in [2.05, 4.69) is 39.9 Å². The van der Waals surface area contributed by atoms with Gasteiger partial charge in [0.05, 0.1) is 11.7 Å². The quantitative estimate of drug-likeness (QED) is 0.788. The summed E-state index contributed by atoms with van der Waals surface area (Å²) in [5.74, 6) is 0. The summed E-state index contributed by atoms with van der Waals surface area (Å²) >= 11 is 0. The predicted molar refractivity (Wildman–Crippen MR) is 87.4 cm³/mol. The average molecular weight is 297 g/mol. The molecule has 2 aliphatic rings. The molecule has 3 unspecified atom stereocenters. The number of aliphatic hydroxyl groups is 1. The van der Waals surface area contributed by atoms with E-state index < -0.39 is 5.60 Å². The van der Waals surface area contributed by atoms with Gasteiger partial charge in [-0.3, -0.25) is 0 Å². The molecule has 2 saturated carbocycles. The standard InChI is InChI=1S/C18H35NO2/c1-6-17(5)14(12-15(17)21-7-2)19-13-18(20)10-8-16(3,4)9-11-18/h14-15,19-20H,6-13H2,1-5H3. The molecule has 3 atom stereocenters. The first-order valence-electron chi connectivity index (χ1n) is 8.82. The van der Waals surface area contributed by atoms with Crippen LogP contribution in [0.3, 0.4) is 0 Å². The summed E-state index contributed by atoms with van der Waals surface area (Å²) in [7, 11) is 0. The fourth-order valence-corrected chi connectivity index (χ4v) is 3.95. The van der Waals surface area contributed by atoms with Crippen LogP contribution in [0.25, 0.3) is 0 Å². The Balaban J connectivity index is 1.84. The van der Waals surface area contributed by atoms with Gasteiger partial charge in [0.2, 0.25) is 0 Å². The van der Waals surface area contributed by atoms with E-state index in [1.54, 1.807) is 0 Å². The Hall–Kier alpha value is -0.120. The average Bonchev–Trinajstić information content (AvgIpc) is 2.45. The molecule has 0 aromatic heterocycles. The summed E-state index contributed by atoms with van der Waals surface area (Å²) in [5.41, 5.74) is 0.127. The summed E-state index contributed by atoms with van der Waals surface area (Å²) in [5, 5.41) is 14.4. The predicted octanol–water partition coefficient (Wildman–Crippen LogP) is 3.50. The Kier molecular flexibility index (Phi) is 5.07. The molecule has 0 bridgehead atoms. The summed E-state index contributed by atoms with van der Waals surface area (Å²) in [6, 6.07) is 0.484. The van der Waals surface area contributed by atoms with E-state index >= 15 is 0 Å². The van der Waals surface area contributed by atoms with Gasteiger partial charge < -0.3 is 15.2 Å². The van der Waals surface area contributed by atoms with Gasteiger partial charge in [-0.1, -0.05) is 27.7 Å². The Morgan fingerprint density at radius 2 is 1.71 bits per heavy atom. The Labute approximate surface area is 130 Å². The van der Waals surface area contributed by atoms with Crippen LogP contribution >= 0.6 is 0 Å². The maximum absolute atomic E-state index is 10.8. The molecule has 2 aliphatic carbocycles. The van der Waals surface area contributed by atoms with Crippen LogP contribution < -0.4 is 5.32 Å². The maximum Gasteiger partial charge on any atom is 0.0772 e. The smallest absolute Gasteiger partial charge is 0.0772 e. The molecule has 0 spiro atoms. The molecule has 3 heteroatoms. The summed E-state index contributed by atoms with van der Waals surface area (Å²) in [4.78, 5) is 0. The molecule has 0 saturated heterocycles. The summed E-state index contributed by atoms with van der Waals surface area (Å²) < 4.78 is 5.86. The highest BCUT2D eigenvalue weighted by atomic mass is 16.5. The molecule has 0 aromatic rings. The molecule has 21 heavy (non-hydrogen) atoms. The normalized spacial score (nSPS) is 38.0. The SMILES string of the molecule is CCOC1CC(NCC2(O)CCC(C)(C)CC2)C1(C)CC. The first kappa shape index (κ1) is 17.2. The van der Waals surface area contributed by atoms with Crippen molar-refractivity contribution in [2.75, 3.05) is 13.2 Å². The first-order chi connectivity index (χ1) is 9.75. The summed E-state index contributed by atoms with van der Waals surface area (Å²) in [6.45, 7) is 12.8. The molecule has 0 aliphatic heterocycles. The van der Waals surface area contributed by atoms with Crippen molar-refractivity contribution < 1.29 is 9.84 Å². The third-order valence-electron chi connectivity index (χ3n) is 6.32. The number of nitrogens with one attached hydrogen (secondary N) is 1. The highest BCUT2D eigenvalue weighted by Crippen LogP contribution is 2.46. The van der Waals surface area contributed by atoms with Gasteiger partial charge in [0.1, 0.15) is 0 Å². The second-order valence-corrected chi connectivity index (χ2v) is 8.36. The molecule has 2 N–H and O–H groups in total. The van der Waals surface area contributed by atoms with Crippen LogP contribution in [0.5, 0.6) is 0 Å². The van der Waals surface area contributed by atoms with Crippen LogP contribution in [0.15, 0.2) is 0 Å². The van der Waals surface area contributed by atoms with Gasteiger partial charge in [0, 0.05) is 24.6 Å².